The molecule has 0 aromatic rings. The van der Waals surface area contributed by atoms with E-state index in [1.807, 2.05) is 0 Å². The quantitative estimate of drug-likeness (QED) is 0.0366. The first-order chi connectivity index (χ1) is 23.8. The Morgan fingerprint density at radius 2 is 0.776 bits per heavy atom. The topological polar surface area (TPSA) is 78.9 Å². The summed E-state index contributed by atoms with van der Waals surface area (Å²) < 4.78 is 16.5. The highest BCUT2D eigenvalue weighted by atomic mass is 16.6. The van der Waals surface area contributed by atoms with Crippen molar-refractivity contribution < 1.29 is 28.6 Å². The Labute approximate surface area is 304 Å². The summed E-state index contributed by atoms with van der Waals surface area (Å²) in [6, 6.07) is 0. The molecule has 2 atom stereocenters. The molecule has 0 saturated heterocycles. The van der Waals surface area contributed by atoms with Crippen molar-refractivity contribution in [2.24, 2.45) is 11.8 Å². The molecule has 0 aromatic carbocycles. The Kier molecular flexibility index (Phi) is 35.0. The summed E-state index contributed by atoms with van der Waals surface area (Å²) in [6.07, 6.45) is 32.6. The lowest BCUT2D eigenvalue weighted by molar-refractivity contribution is -0.167. The number of unbranched alkanes of at least 4 members (excludes halogenated alkanes) is 21. The second-order valence-corrected chi connectivity index (χ2v) is 15.3. The summed E-state index contributed by atoms with van der Waals surface area (Å²) in [4.78, 5) is 37.3. The largest absolute Gasteiger partial charge is 0.462 e. The standard InChI is InChI=1S/C43H82O6/c1-6-8-9-21-30-35-43(46)49-40(37-48-42(45)34-29-25-20-19-23-27-32-39(5)7-2)36-47-41(44)33-28-24-18-16-14-12-10-11-13-15-17-22-26-31-38(3)4/h38-40H,6-37H2,1-5H3/t39?,40-/m0/s1. The second-order valence-electron chi connectivity index (χ2n) is 15.3. The van der Waals surface area contributed by atoms with Crippen molar-refractivity contribution in [2.75, 3.05) is 13.2 Å². The van der Waals surface area contributed by atoms with Gasteiger partial charge in [0.25, 0.3) is 0 Å². The first kappa shape index (κ1) is 47.4. The molecule has 1 unspecified atom stereocenters. The summed E-state index contributed by atoms with van der Waals surface area (Å²) >= 11 is 0. The van der Waals surface area contributed by atoms with Gasteiger partial charge in [0.2, 0.25) is 0 Å². The molecule has 0 fully saturated rings. The molecular weight excluding hydrogens is 612 g/mol. The van der Waals surface area contributed by atoms with Crippen LogP contribution in [-0.4, -0.2) is 37.2 Å². The van der Waals surface area contributed by atoms with E-state index in [0.717, 1.165) is 76.0 Å². The fourth-order valence-corrected chi connectivity index (χ4v) is 6.19. The van der Waals surface area contributed by atoms with Crippen LogP contribution >= 0.6 is 0 Å². The smallest absolute Gasteiger partial charge is 0.306 e. The lowest BCUT2D eigenvalue weighted by Crippen LogP contribution is -2.30. The fourth-order valence-electron chi connectivity index (χ4n) is 6.19. The normalized spacial score (nSPS) is 12.6. The number of ether oxygens (including phenoxy) is 3. The highest BCUT2D eigenvalue weighted by molar-refractivity contribution is 5.71. The van der Waals surface area contributed by atoms with E-state index >= 15 is 0 Å². The lowest BCUT2D eigenvalue weighted by atomic mass is 10.00. The minimum atomic E-state index is -0.758. The molecule has 0 bridgehead atoms. The van der Waals surface area contributed by atoms with E-state index in [1.54, 1.807) is 0 Å². The van der Waals surface area contributed by atoms with Crippen LogP contribution in [0.5, 0.6) is 0 Å². The third-order valence-corrected chi connectivity index (χ3v) is 9.83. The van der Waals surface area contributed by atoms with Gasteiger partial charge < -0.3 is 14.2 Å². The van der Waals surface area contributed by atoms with Gasteiger partial charge in [-0.25, -0.2) is 0 Å². The Morgan fingerprint density at radius 3 is 1.16 bits per heavy atom. The van der Waals surface area contributed by atoms with Crippen LogP contribution in [0.15, 0.2) is 0 Å². The third-order valence-electron chi connectivity index (χ3n) is 9.83. The van der Waals surface area contributed by atoms with Gasteiger partial charge in [-0.3, -0.25) is 14.4 Å². The zero-order valence-corrected chi connectivity index (χ0v) is 33.3. The maximum Gasteiger partial charge on any atom is 0.306 e. The van der Waals surface area contributed by atoms with Crippen molar-refractivity contribution in [3.05, 3.63) is 0 Å². The maximum absolute atomic E-state index is 12.5. The molecule has 0 N–H and O–H groups in total. The monoisotopic (exact) mass is 695 g/mol. The molecule has 0 aliphatic rings. The maximum atomic E-state index is 12.5. The molecule has 0 amide bonds. The molecule has 0 radical (unpaired) electrons. The fraction of sp³-hybridized carbons (Fsp3) is 0.930. The van der Waals surface area contributed by atoms with Crippen LogP contribution in [0.25, 0.3) is 0 Å². The summed E-state index contributed by atoms with van der Waals surface area (Å²) in [5.41, 5.74) is 0. The van der Waals surface area contributed by atoms with Crippen LogP contribution in [0.3, 0.4) is 0 Å². The number of esters is 3. The summed E-state index contributed by atoms with van der Waals surface area (Å²) in [5, 5.41) is 0. The number of carbonyl (C=O) groups is 3. The van der Waals surface area contributed by atoms with Gasteiger partial charge in [-0.15, -0.1) is 0 Å². The Balaban J connectivity index is 4.15. The molecule has 6 nitrogen and oxygen atoms in total. The molecule has 0 aromatic heterocycles. The van der Waals surface area contributed by atoms with Crippen LogP contribution in [0.2, 0.25) is 0 Å². The molecule has 0 saturated carbocycles. The molecule has 0 aliphatic heterocycles. The van der Waals surface area contributed by atoms with Gasteiger partial charge in [0, 0.05) is 19.3 Å². The van der Waals surface area contributed by atoms with Crippen molar-refractivity contribution in [3.63, 3.8) is 0 Å². The highest BCUT2D eigenvalue weighted by Gasteiger charge is 2.19. The Hall–Kier alpha value is -1.59. The van der Waals surface area contributed by atoms with Gasteiger partial charge in [0.15, 0.2) is 6.10 Å². The minimum absolute atomic E-state index is 0.0672. The number of rotatable bonds is 37. The van der Waals surface area contributed by atoms with E-state index in [2.05, 4.69) is 34.6 Å². The zero-order valence-electron chi connectivity index (χ0n) is 33.3. The SMILES string of the molecule is CCCCCCCC(=O)O[C@@H](COC(=O)CCCCCCCCCCCCCCCC(C)C)COC(=O)CCCCCCCCC(C)CC. The molecule has 0 spiro atoms. The van der Waals surface area contributed by atoms with Gasteiger partial charge in [-0.05, 0) is 31.1 Å². The van der Waals surface area contributed by atoms with Crippen molar-refractivity contribution in [3.8, 4) is 0 Å². The van der Waals surface area contributed by atoms with E-state index in [4.69, 9.17) is 14.2 Å². The van der Waals surface area contributed by atoms with Gasteiger partial charge in [-0.2, -0.15) is 0 Å². The predicted octanol–water partition coefficient (Wildman–Crippen LogP) is 13.0. The average molecular weight is 695 g/mol. The molecule has 0 heterocycles. The van der Waals surface area contributed by atoms with Crippen molar-refractivity contribution >= 4 is 17.9 Å². The number of hydrogen-bond acceptors (Lipinski definition) is 6. The molecule has 0 rings (SSSR count). The van der Waals surface area contributed by atoms with Crippen LogP contribution in [0, 0.1) is 11.8 Å². The Morgan fingerprint density at radius 1 is 0.429 bits per heavy atom. The zero-order chi connectivity index (χ0) is 36.2. The lowest BCUT2D eigenvalue weighted by Gasteiger charge is -2.18. The van der Waals surface area contributed by atoms with Crippen LogP contribution in [0.1, 0.15) is 227 Å². The molecule has 49 heavy (non-hydrogen) atoms. The minimum Gasteiger partial charge on any atom is -0.462 e. The van der Waals surface area contributed by atoms with Gasteiger partial charge in [0.1, 0.15) is 13.2 Å². The molecule has 290 valence electrons. The Bertz CT molecular complexity index is 751. The van der Waals surface area contributed by atoms with Crippen LogP contribution in [0.4, 0.5) is 0 Å². The van der Waals surface area contributed by atoms with Crippen LogP contribution < -0.4 is 0 Å². The summed E-state index contributed by atoms with van der Waals surface area (Å²) in [7, 11) is 0. The number of carbonyl (C=O) groups excluding carboxylic acids is 3. The van der Waals surface area contributed by atoms with E-state index in [-0.39, 0.29) is 31.1 Å². The van der Waals surface area contributed by atoms with Gasteiger partial charge in [-0.1, -0.05) is 189 Å². The molecule has 6 heteroatoms. The van der Waals surface area contributed by atoms with Crippen molar-refractivity contribution in [2.45, 2.75) is 233 Å². The first-order valence-electron chi connectivity index (χ1n) is 21.3. The first-order valence-corrected chi connectivity index (χ1v) is 21.3. The molecule has 0 aliphatic carbocycles. The van der Waals surface area contributed by atoms with E-state index < -0.39 is 6.10 Å². The van der Waals surface area contributed by atoms with E-state index in [1.165, 1.54) is 109 Å². The van der Waals surface area contributed by atoms with Crippen molar-refractivity contribution in [1.29, 1.82) is 0 Å². The third kappa shape index (κ3) is 36.0. The molecular formula is C43H82O6. The second kappa shape index (κ2) is 36.2. The van der Waals surface area contributed by atoms with E-state index in [0.29, 0.717) is 19.3 Å². The highest BCUT2D eigenvalue weighted by Crippen LogP contribution is 2.16. The predicted molar refractivity (Wildman–Crippen MR) is 206 cm³/mol. The van der Waals surface area contributed by atoms with Gasteiger partial charge in [0.05, 0.1) is 0 Å². The summed E-state index contributed by atoms with van der Waals surface area (Å²) in [5.74, 6) is 0.776. The van der Waals surface area contributed by atoms with E-state index in [9.17, 15) is 14.4 Å². The summed E-state index contributed by atoms with van der Waals surface area (Å²) in [6.45, 7) is 11.2. The van der Waals surface area contributed by atoms with Gasteiger partial charge >= 0.3 is 17.9 Å². The van der Waals surface area contributed by atoms with Crippen LogP contribution in [-0.2, 0) is 28.6 Å². The van der Waals surface area contributed by atoms with Crippen molar-refractivity contribution in [1.82, 2.24) is 0 Å². The average Bonchev–Trinajstić information content (AvgIpc) is 3.08. The number of hydrogen-bond donors (Lipinski definition) is 0.